The van der Waals surface area contributed by atoms with E-state index in [-0.39, 0.29) is 11.9 Å². The van der Waals surface area contributed by atoms with E-state index >= 15 is 0 Å². The quantitative estimate of drug-likeness (QED) is 0.897. The van der Waals surface area contributed by atoms with Crippen molar-refractivity contribution in [1.82, 2.24) is 5.32 Å². The zero-order valence-electron chi connectivity index (χ0n) is 12.4. The number of hydrogen-bond acceptors (Lipinski definition) is 2. The van der Waals surface area contributed by atoms with Crippen molar-refractivity contribution in [1.29, 1.82) is 0 Å². The number of hydrogen-bond donors (Lipinski definition) is 1. The summed E-state index contributed by atoms with van der Waals surface area (Å²) >= 11 is 0. The van der Waals surface area contributed by atoms with E-state index in [1.54, 1.807) is 0 Å². The molecule has 0 radical (unpaired) electrons. The van der Waals surface area contributed by atoms with Crippen molar-refractivity contribution in [2.24, 2.45) is 0 Å². The molecule has 3 nitrogen and oxygen atoms in total. The molecule has 1 aromatic carbocycles. The highest BCUT2D eigenvalue weighted by Crippen LogP contribution is 2.38. The molecule has 2 unspecified atom stereocenters. The van der Waals surface area contributed by atoms with Gasteiger partial charge in [0.25, 0.3) is 0 Å². The third-order valence-electron chi connectivity index (χ3n) is 4.89. The topological polar surface area (TPSA) is 32.3 Å². The predicted octanol–water partition coefficient (Wildman–Crippen LogP) is 3.06. The molecule has 2 aliphatic rings. The molecule has 1 heterocycles. The second-order valence-electron chi connectivity index (χ2n) is 6.18. The van der Waals surface area contributed by atoms with Gasteiger partial charge in [-0.05, 0) is 43.9 Å². The van der Waals surface area contributed by atoms with Gasteiger partial charge in [-0.2, -0.15) is 0 Å². The summed E-state index contributed by atoms with van der Waals surface area (Å²) in [6, 6.07) is 8.79. The molecule has 0 spiro atoms. The molecule has 1 aliphatic carbocycles. The number of para-hydroxylation sites is 1. The summed E-state index contributed by atoms with van der Waals surface area (Å²) in [4.78, 5) is 15.0. The number of likely N-dealkylation sites (N-methyl/N-ethyl adjacent to an activating group) is 1. The Morgan fingerprint density at radius 3 is 2.60 bits per heavy atom. The van der Waals surface area contributed by atoms with Gasteiger partial charge in [0.15, 0.2) is 0 Å². The average molecular weight is 272 g/mol. The van der Waals surface area contributed by atoms with E-state index in [1.807, 2.05) is 7.05 Å². The van der Waals surface area contributed by atoms with Crippen LogP contribution in [0.25, 0.3) is 0 Å². The molecule has 1 fully saturated rings. The SMILES string of the molecule is CNC1CC(C)c2ccccc2N(C2CCCC2)C1=O. The van der Waals surface area contributed by atoms with Gasteiger partial charge in [0.1, 0.15) is 0 Å². The first-order valence-electron chi connectivity index (χ1n) is 7.81. The summed E-state index contributed by atoms with van der Waals surface area (Å²) in [5, 5.41) is 3.22. The Balaban J connectivity index is 2.06. The van der Waals surface area contributed by atoms with Crippen molar-refractivity contribution in [3.8, 4) is 0 Å². The Hall–Kier alpha value is -1.35. The molecule has 3 heteroatoms. The Labute approximate surface area is 121 Å². The molecule has 20 heavy (non-hydrogen) atoms. The summed E-state index contributed by atoms with van der Waals surface area (Å²) < 4.78 is 0. The third kappa shape index (κ3) is 2.24. The van der Waals surface area contributed by atoms with Crippen LogP contribution in [0.5, 0.6) is 0 Å². The highest BCUT2D eigenvalue weighted by molar-refractivity contribution is 5.99. The van der Waals surface area contributed by atoms with E-state index in [2.05, 4.69) is 41.4 Å². The minimum Gasteiger partial charge on any atom is -0.309 e. The maximum Gasteiger partial charge on any atom is 0.244 e. The van der Waals surface area contributed by atoms with Gasteiger partial charge in [0.05, 0.1) is 6.04 Å². The lowest BCUT2D eigenvalue weighted by molar-refractivity contribution is -0.121. The summed E-state index contributed by atoms with van der Waals surface area (Å²) in [6.07, 6.45) is 5.66. The molecule has 1 aromatic rings. The first-order valence-corrected chi connectivity index (χ1v) is 7.81. The van der Waals surface area contributed by atoms with Crippen LogP contribution < -0.4 is 10.2 Å². The fourth-order valence-electron chi connectivity index (χ4n) is 3.77. The van der Waals surface area contributed by atoms with E-state index in [4.69, 9.17) is 0 Å². The van der Waals surface area contributed by atoms with Crippen LogP contribution in [0.2, 0.25) is 0 Å². The van der Waals surface area contributed by atoms with Crippen LogP contribution in [-0.4, -0.2) is 25.0 Å². The van der Waals surface area contributed by atoms with Crippen LogP contribution >= 0.6 is 0 Å². The molecule has 3 rings (SSSR count). The van der Waals surface area contributed by atoms with Crippen molar-refractivity contribution < 1.29 is 4.79 Å². The summed E-state index contributed by atoms with van der Waals surface area (Å²) in [6.45, 7) is 2.23. The molecule has 0 bridgehead atoms. The van der Waals surface area contributed by atoms with Crippen molar-refractivity contribution >= 4 is 11.6 Å². The van der Waals surface area contributed by atoms with Gasteiger partial charge in [0, 0.05) is 11.7 Å². The van der Waals surface area contributed by atoms with Crippen LogP contribution in [0.1, 0.15) is 50.5 Å². The van der Waals surface area contributed by atoms with Crippen molar-refractivity contribution in [3.63, 3.8) is 0 Å². The highest BCUT2D eigenvalue weighted by Gasteiger charge is 2.37. The number of rotatable bonds is 2. The summed E-state index contributed by atoms with van der Waals surface area (Å²) in [5.74, 6) is 0.676. The van der Waals surface area contributed by atoms with Crippen LogP contribution in [0.15, 0.2) is 24.3 Å². The van der Waals surface area contributed by atoms with Crippen molar-refractivity contribution in [3.05, 3.63) is 29.8 Å². The fourth-order valence-corrected chi connectivity index (χ4v) is 3.77. The van der Waals surface area contributed by atoms with Gasteiger partial charge < -0.3 is 10.2 Å². The molecular formula is C17H24N2O. The lowest BCUT2D eigenvalue weighted by Crippen LogP contribution is -2.48. The smallest absolute Gasteiger partial charge is 0.244 e. The standard InChI is InChI=1S/C17H24N2O/c1-12-11-15(18-2)17(20)19(13-7-3-4-8-13)16-10-6-5-9-14(12)16/h5-6,9-10,12-13,15,18H,3-4,7-8,11H2,1-2H3. The van der Waals surface area contributed by atoms with Crippen LogP contribution in [0, 0.1) is 0 Å². The second-order valence-corrected chi connectivity index (χ2v) is 6.18. The number of nitrogens with zero attached hydrogens (tertiary/aromatic N) is 1. The molecule has 0 aromatic heterocycles. The van der Waals surface area contributed by atoms with Gasteiger partial charge in [-0.1, -0.05) is 38.0 Å². The van der Waals surface area contributed by atoms with E-state index < -0.39 is 0 Å². The zero-order chi connectivity index (χ0) is 14.1. The molecule has 1 N–H and O–H groups in total. The molecule has 1 aliphatic heterocycles. The van der Waals surface area contributed by atoms with Crippen LogP contribution in [0.4, 0.5) is 5.69 Å². The monoisotopic (exact) mass is 272 g/mol. The molecule has 0 saturated heterocycles. The lowest BCUT2D eigenvalue weighted by atomic mass is 9.94. The van der Waals surface area contributed by atoms with Gasteiger partial charge in [-0.25, -0.2) is 0 Å². The minimum atomic E-state index is -0.0574. The van der Waals surface area contributed by atoms with Crippen molar-refractivity contribution in [2.45, 2.75) is 57.0 Å². The largest absolute Gasteiger partial charge is 0.309 e. The number of nitrogens with one attached hydrogen (secondary N) is 1. The maximum atomic E-state index is 12.9. The van der Waals surface area contributed by atoms with E-state index in [0.717, 1.165) is 24.9 Å². The summed E-state index contributed by atoms with van der Waals surface area (Å²) in [7, 11) is 1.90. The number of fused-ring (bicyclic) bond motifs is 1. The molecule has 1 saturated carbocycles. The van der Waals surface area contributed by atoms with Gasteiger partial charge in [-0.3, -0.25) is 4.79 Å². The number of carbonyl (C=O) groups excluding carboxylic acids is 1. The lowest BCUT2D eigenvalue weighted by Gasteiger charge is -2.31. The Morgan fingerprint density at radius 2 is 1.90 bits per heavy atom. The Morgan fingerprint density at radius 1 is 1.20 bits per heavy atom. The van der Waals surface area contributed by atoms with Gasteiger partial charge in [-0.15, -0.1) is 0 Å². The zero-order valence-corrected chi connectivity index (χ0v) is 12.4. The van der Waals surface area contributed by atoms with E-state index in [0.29, 0.717) is 12.0 Å². The first kappa shape index (κ1) is 13.6. The van der Waals surface area contributed by atoms with Gasteiger partial charge >= 0.3 is 0 Å². The Kier molecular flexibility index (Phi) is 3.79. The average Bonchev–Trinajstić information content (AvgIpc) is 2.95. The van der Waals surface area contributed by atoms with Crippen LogP contribution in [0.3, 0.4) is 0 Å². The molecule has 2 atom stereocenters. The normalized spacial score (nSPS) is 27.5. The second kappa shape index (κ2) is 5.57. The minimum absolute atomic E-state index is 0.0574. The van der Waals surface area contributed by atoms with E-state index in [1.165, 1.54) is 18.4 Å². The van der Waals surface area contributed by atoms with E-state index in [9.17, 15) is 4.79 Å². The van der Waals surface area contributed by atoms with Crippen molar-refractivity contribution in [2.75, 3.05) is 11.9 Å². The number of anilines is 1. The summed E-state index contributed by atoms with van der Waals surface area (Å²) in [5.41, 5.74) is 2.47. The predicted molar refractivity (Wildman–Crippen MR) is 82.1 cm³/mol. The van der Waals surface area contributed by atoms with Crippen LogP contribution in [-0.2, 0) is 4.79 Å². The molecule has 108 valence electrons. The number of benzene rings is 1. The Bertz CT molecular complexity index is 494. The molecular weight excluding hydrogens is 248 g/mol. The number of carbonyl (C=O) groups is 1. The maximum absolute atomic E-state index is 12.9. The third-order valence-corrected chi connectivity index (χ3v) is 4.89. The number of amides is 1. The fraction of sp³-hybridized carbons (Fsp3) is 0.588. The molecule has 1 amide bonds. The highest BCUT2D eigenvalue weighted by atomic mass is 16.2. The first-order chi connectivity index (χ1) is 9.72. The van der Waals surface area contributed by atoms with Gasteiger partial charge in [0.2, 0.25) is 5.91 Å².